The summed E-state index contributed by atoms with van der Waals surface area (Å²) in [5, 5.41) is 9.35. The zero-order valence-electron chi connectivity index (χ0n) is 10.9. The molecule has 1 aliphatic carbocycles. The maximum absolute atomic E-state index is 11.4. The van der Waals surface area contributed by atoms with E-state index in [0.29, 0.717) is 5.92 Å². The number of carbonyl (C=O) groups is 1. The summed E-state index contributed by atoms with van der Waals surface area (Å²) in [5.41, 5.74) is 0. The van der Waals surface area contributed by atoms with Crippen molar-refractivity contribution in [3.05, 3.63) is 24.4 Å². The van der Waals surface area contributed by atoms with Crippen molar-refractivity contribution in [2.45, 2.75) is 18.9 Å². The van der Waals surface area contributed by atoms with E-state index < -0.39 is 5.97 Å². The molecule has 1 atom stereocenters. The number of piperazine rings is 1. The number of pyridine rings is 1. The number of hydrogen-bond donors (Lipinski definition) is 1. The fourth-order valence-corrected chi connectivity index (χ4v) is 2.84. The van der Waals surface area contributed by atoms with E-state index in [-0.39, 0.29) is 6.04 Å². The van der Waals surface area contributed by atoms with Crippen molar-refractivity contribution >= 4 is 11.8 Å². The molecule has 1 aromatic rings. The summed E-state index contributed by atoms with van der Waals surface area (Å²) in [4.78, 5) is 20.1. The van der Waals surface area contributed by atoms with Crippen LogP contribution < -0.4 is 4.90 Å². The highest BCUT2D eigenvalue weighted by Gasteiger charge is 2.41. The van der Waals surface area contributed by atoms with Crippen molar-refractivity contribution in [1.82, 2.24) is 9.88 Å². The molecule has 1 aromatic heterocycles. The van der Waals surface area contributed by atoms with E-state index in [4.69, 9.17) is 0 Å². The molecule has 2 aliphatic rings. The lowest BCUT2D eigenvalue weighted by Crippen LogP contribution is -2.53. The molecular weight excluding hydrogens is 242 g/mol. The van der Waals surface area contributed by atoms with Crippen molar-refractivity contribution in [2.75, 3.05) is 31.1 Å². The number of hydrogen-bond acceptors (Lipinski definition) is 4. The van der Waals surface area contributed by atoms with Crippen LogP contribution in [0.3, 0.4) is 0 Å². The number of carboxylic acids is 1. The van der Waals surface area contributed by atoms with Crippen molar-refractivity contribution in [2.24, 2.45) is 5.92 Å². The van der Waals surface area contributed by atoms with E-state index >= 15 is 0 Å². The van der Waals surface area contributed by atoms with Gasteiger partial charge in [0.15, 0.2) is 0 Å². The van der Waals surface area contributed by atoms with Gasteiger partial charge in [-0.05, 0) is 30.9 Å². The zero-order valence-corrected chi connectivity index (χ0v) is 10.9. The smallest absolute Gasteiger partial charge is 0.321 e. The molecule has 1 N–H and O–H groups in total. The number of carboxylic acid groups (broad SMARTS) is 1. The minimum absolute atomic E-state index is 0.272. The van der Waals surface area contributed by atoms with Gasteiger partial charge in [0.2, 0.25) is 0 Å². The SMILES string of the molecule is O=C(O)C(C1CC1)N1CCN(c2ccccn2)CC1. The molecule has 1 unspecified atom stereocenters. The molecule has 3 rings (SSSR count). The van der Waals surface area contributed by atoms with E-state index in [2.05, 4.69) is 14.8 Å². The van der Waals surface area contributed by atoms with Crippen LogP contribution in [-0.4, -0.2) is 53.2 Å². The lowest BCUT2D eigenvalue weighted by atomic mass is 10.1. The van der Waals surface area contributed by atoms with E-state index in [1.165, 1.54) is 0 Å². The van der Waals surface area contributed by atoms with Crippen molar-refractivity contribution in [3.63, 3.8) is 0 Å². The molecule has 2 fully saturated rings. The van der Waals surface area contributed by atoms with E-state index in [0.717, 1.165) is 44.8 Å². The van der Waals surface area contributed by atoms with Crippen LogP contribution >= 0.6 is 0 Å². The lowest BCUT2D eigenvalue weighted by molar-refractivity contribution is -0.144. The van der Waals surface area contributed by atoms with Gasteiger partial charge >= 0.3 is 5.97 Å². The Hall–Kier alpha value is -1.62. The molecular formula is C14H19N3O2. The summed E-state index contributed by atoms with van der Waals surface area (Å²) in [5.74, 6) is 0.702. The Morgan fingerprint density at radius 2 is 2.00 bits per heavy atom. The summed E-state index contributed by atoms with van der Waals surface area (Å²) in [6, 6.07) is 5.63. The molecule has 0 bridgehead atoms. The van der Waals surface area contributed by atoms with Gasteiger partial charge in [-0.3, -0.25) is 9.69 Å². The van der Waals surface area contributed by atoms with Crippen LogP contribution in [0.5, 0.6) is 0 Å². The van der Waals surface area contributed by atoms with Crippen molar-refractivity contribution in [1.29, 1.82) is 0 Å². The summed E-state index contributed by atoms with van der Waals surface area (Å²) in [6.07, 6.45) is 3.93. The van der Waals surface area contributed by atoms with Crippen molar-refractivity contribution in [3.8, 4) is 0 Å². The zero-order chi connectivity index (χ0) is 13.2. The summed E-state index contributed by atoms with van der Waals surface area (Å²) < 4.78 is 0. The first-order valence-corrected chi connectivity index (χ1v) is 6.88. The molecule has 102 valence electrons. The van der Waals surface area contributed by atoms with Gasteiger partial charge in [-0.1, -0.05) is 6.07 Å². The van der Waals surface area contributed by atoms with Gasteiger partial charge in [0.05, 0.1) is 0 Å². The quantitative estimate of drug-likeness (QED) is 0.878. The maximum atomic E-state index is 11.4. The second-order valence-electron chi connectivity index (χ2n) is 5.33. The molecule has 5 heteroatoms. The van der Waals surface area contributed by atoms with Crippen molar-refractivity contribution < 1.29 is 9.90 Å². The van der Waals surface area contributed by atoms with Crippen LogP contribution in [0.2, 0.25) is 0 Å². The predicted molar refractivity (Wildman–Crippen MR) is 72.2 cm³/mol. The van der Waals surface area contributed by atoms with Gasteiger partial charge in [0.1, 0.15) is 11.9 Å². The van der Waals surface area contributed by atoms with Gasteiger partial charge < -0.3 is 10.0 Å². The Bertz CT molecular complexity index is 439. The van der Waals surface area contributed by atoms with E-state index in [9.17, 15) is 9.90 Å². The second-order valence-corrected chi connectivity index (χ2v) is 5.33. The Balaban J connectivity index is 1.61. The molecule has 19 heavy (non-hydrogen) atoms. The van der Waals surface area contributed by atoms with Crippen LogP contribution in [0, 0.1) is 5.92 Å². The molecule has 0 aromatic carbocycles. The summed E-state index contributed by atoms with van der Waals surface area (Å²) >= 11 is 0. The van der Waals surface area contributed by atoms with Gasteiger partial charge in [-0.25, -0.2) is 4.98 Å². The van der Waals surface area contributed by atoms with Crippen LogP contribution in [0.15, 0.2) is 24.4 Å². The molecule has 1 saturated heterocycles. The van der Waals surface area contributed by atoms with Gasteiger partial charge in [0.25, 0.3) is 0 Å². The second kappa shape index (κ2) is 5.17. The molecule has 5 nitrogen and oxygen atoms in total. The monoisotopic (exact) mass is 261 g/mol. The van der Waals surface area contributed by atoms with Gasteiger partial charge in [-0.2, -0.15) is 0 Å². The van der Waals surface area contributed by atoms with Gasteiger partial charge in [0, 0.05) is 32.4 Å². The molecule has 0 radical (unpaired) electrons. The minimum atomic E-state index is -0.659. The third kappa shape index (κ3) is 2.71. The molecule has 0 spiro atoms. The average molecular weight is 261 g/mol. The number of aromatic nitrogens is 1. The molecule has 2 heterocycles. The normalized spacial score (nSPS) is 22.2. The fraction of sp³-hybridized carbons (Fsp3) is 0.571. The summed E-state index contributed by atoms with van der Waals surface area (Å²) in [6.45, 7) is 3.33. The molecule has 1 aliphatic heterocycles. The minimum Gasteiger partial charge on any atom is -0.480 e. The third-order valence-electron chi connectivity index (χ3n) is 4.00. The fourth-order valence-electron chi connectivity index (χ4n) is 2.84. The predicted octanol–water partition coefficient (Wildman–Crippen LogP) is 1.07. The topological polar surface area (TPSA) is 56.7 Å². The highest BCUT2D eigenvalue weighted by Crippen LogP contribution is 2.36. The molecule has 0 amide bonds. The Kier molecular flexibility index (Phi) is 3.38. The van der Waals surface area contributed by atoms with Crippen LogP contribution in [-0.2, 0) is 4.79 Å². The van der Waals surface area contributed by atoms with Crippen LogP contribution in [0.25, 0.3) is 0 Å². The number of rotatable bonds is 4. The number of nitrogens with zero attached hydrogens (tertiary/aromatic N) is 3. The maximum Gasteiger partial charge on any atom is 0.321 e. The first-order valence-electron chi connectivity index (χ1n) is 6.88. The number of anilines is 1. The van der Waals surface area contributed by atoms with Gasteiger partial charge in [-0.15, -0.1) is 0 Å². The van der Waals surface area contributed by atoms with E-state index in [1.807, 2.05) is 18.2 Å². The highest BCUT2D eigenvalue weighted by atomic mass is 16.4. The first kappa shape index (κ1) is 12.4. The van der Waals surface area contributed by atoms with Crippen LogP contribution in [0.4, 0.5) is 5.82 Å². The third-order valence-corrected chi connectivity index (χ3v) is 4.00. The lowest BCUT2D eigenvalue weighted by Gasteiger charge is -2.38. The Labute approximate surface area is 112 Å². The summed E-state index contributed by atoms with van der Waals surface area (Å²) in [7, 11) is 0. The molecule has 1 saturated carbocycles. The Morgan fingerprint density at radius 3 is 2.53 bits per heavy atom. The van der Waals surface area contributed by atoms with Crippen LogP contribution in [0.1, 0.15) is 12.8 Å². The van der Waals surface area contributed by atoms with E-state index in [1.54, 1.807) is 6.20 Å². The largest absolute Gasteiger partial charge is 0.480 e. The number of aliphatic carboxylic acids is 1. The average Bonchev–Trinajstić information content (AvgIpc) is 3.25. The Morgan fingerprint density at radius 1 is 1.26 bits per heavy atom. The highest BCUT2D eigenvalue weighted by molar-refractivity contribution is 5.74. The standard InChI is InChI=1S/C14H19N3O2/c18-14(19)13(11-4-5-11)17-9-7-16(8-10-17)12-3-1-2-6-15-12/h1-3,6,11,13H,4-5,7-10H2,(H,18,19). The first-order chi connectivity index (χ1) is 9.25.